The molecular weight excluding hydrogens is 222 g/mol. The monoisotopic (exact) mass is 239 g/mol. The summed E-state index contributed by atoms with van der Waals surface area (Å²) in [7, 11) is 4.03. The summed E-state index contributed by atoms with van der Waals surface area (Å²) < 4.78 is 0. The number of carbonyl (C=O) groups is 1. The van der Waals surface area contributed by atoms with Gasteiger partial charge in [0.2, 0.25) is 0 Å². The first kappa shape index (κ1) is 13.1. The fraction of sp³-hybridized carbons (Fsp3) is 0.417. The van der Waals surface area contributed by atoms with E-state index in [1.807, 2.05) is 14.1 Å². The molecule has 0 radical (unpaired) electrons. The van der Waals surface area contributed by atoms with Crippen LogP contribution in [-0.2, 0) is 0 Å². The van der Waals surface area contributed by atoms with Crippen LogP contribution in [0.3, 0.4) is 0 Å². The zero-order valence-electron chi connectivity index (χ0n) is 9.64. The van der Waals surface area contributed by atoms with E-state index in [4.69, 9.17) is 5.11 Å². The Hall–Kier alpha value is -1.00. The lowest BCUT2D eigenvalue weighted by Crippen LogP contribution is -2.15. The molecule has 16 heavy (non-hydrogen) atoms. The molecule has 1 aromatic carbocycles. The van der Waals surface area contributed by atoms with Gasteiger partial charge < -0.3 is 10.0 Å². The van der Waals surface area contributed by atoms with Crippen molar-refractivity contribution in [3.63, 3.8) is 0 Å². The first-order valence-corrected chi connectivity index (χ1v) is 6.30. The standard InChI is InChI=1S/C12H17NO2S/c1-13(2)7-8-16-9-12(15)10-3-5-11(14)6-4-10/h3-6,14H,7-9H2,1-2H3. The van der Waals surface area contributed by atoms with Crippen molar-refractivity contribution in [2.75, 3.05) is 32.1 Å². The van der Waals surface area contributed by atoms with Gasteiger partial charge in [-0.05, 0) is 38.4 Å². The number of phenolic OH excluding ortho intramolecular Hbond substituents is 1. The van der Waals surface area contributed by atoms with E-state index in [1.165, 1.54) is 12.1 Å². The average Bonchev–Trinajstić information content (AvgIpc) is 2.25. The Bertz CT molecular complexity index is 335. The number of aromatic hydroxyl groups is 1. The molecule has 0 spiro atoms. The largest absolute Gasteiger partial charge is 0.508 e. The number of phenols is 1. The number of rotatable bonds is 6. The second kappa shape index (κ2) is 6.55. The number of benzene rings is 1. The van der Waals surface area contributed by atoms with Gasteiger partial charge in [-0.2, -0.15) is 11.8 Å². The van der Waals surface area contributed by atoms with E-state index in [0.717, 1.165) is 12.3 Å². The third-order valence-corrected chi connectivity index (χ3v) is 3.04. The lowest BCUT2D eigenvalue weighted by atomic mass is 10.1. The van der Waals surface area contributed by atoms with E-state index in [9.17, 15) is 4.79 Å². The lowest BCUT2D eigenvalue weighted by Gasteiger charge is -2.08. The third-order valence-electron chi connectivity index (χ3n) is 2.11. The summed E-state index contributed by atoms with van der Waals surface area (Å²) in [4.78, 5) is 13.8. The number of hydrogen-bond acceptors (Lipinski definition) is 4. The lowest BCUT2D eigenvalue weighted by molar-refractivity contribution is 0.102. The van der Waals surface area contributed by atoms with E-state index in [-0.39, 0.29) is 11.5 Å². The second-order valence-corrected chi connectivity index (χ2v) is 4.93. The molecular formula is C12H17NO2S. The van der Waals surface area contributed by atoms with Gasteiger partial charge in [0, 0.05) is 17.9 Å². The van der Waals surface area contributed by atoms with Crippen LogP contribution in [0.1, 0.15) is 10.4 Å². The fourth-order valence-corrected chi connectivity index (χ4v) is 2.13. The summed E-state index contributed by atoms with van der Waals surface area (Å²) in [6, 6.07) is 6.39. The Balaban J connectivity index is 2.32. The van der Waals surface area contributed by atoms with Crippen molar-refractivity contribution in [2.24, 2.45) is 0 Å². The van der Waals surface area contributed by atoms with E-state index < -0.39 is 0 Å². The maximum absolute atomic E-state index is 11.7. The van der Waals surface area contributed by atoms with Gasteiger partial charge in [0.25, 0.3) is 0 Å². The molecule has 0 aliphatic rings. The molecule has 1 N–H and O–H groups in total. The topological polar surface area (TPSA) is 40.5 Å². The summed E-state index contributed by atoms with van der Waals surface area (Å²) >= 11 is 1.64. The minimum atomic E-state index is 0.115. The van der Waals surface area contributed by atoms with Crippen molar-refractivity contribution in [3.8, 4) is 5.75 Å². The molecule has 0 fully saturated rings. The quantitative estimate of drug-likeness (QED) is 0.608. The molecule has 0 saturated heterocycles. The van der Waals surface area contributed by atoms with Gasteiger partial charge in [0.05, 0.1) is 5.75 Å². The molecule has 4 heteroatoms. The highest BCUT2D eigenvalue weighted by atomic mass is 32.2. The highest BCUT2D eigenvalue weighted by molar-refractivity contribution is 8.00. The van der Waals surface area contributed by atoms with Crippen LogP contribution >= 0.6 is 11.8 Å². The highest BCUT2D eigenvalue weighted by Gasteiger charge is 2.05. The van der Waals surface area contributed by atoms with Gasteiger partial charge in [-0.25, -0.2) is 0 Å². The van der Waals surface area contributed by atoms with Crippen molar-refractivity contribution in [1.82, 2.24) is 4.90 Å². The van der Waals surface area contributed by atoms with Crippen LogP contribution in [0.4, 0.5) is 0 Å². The molecule has 0 aliphatic carbocycles. The Morgan fingerprint density at radius 2 is 1.94 bits per heavy atom. The normalized spacial score (nSPS) is 10.7. The predicted molar refractivity (Wildman–Crippen MR) is 68.3 cm³/mol. The van der Waals surface area contributed by atoms with Gasteiger partial charge in [0.1, 0.15) is 5.75 Å². The van der Waals surface area contributed by atoms with Crippen molar-refractivity contribution < 1.29 is 9.90 Å². The predicted octanol–water partition coefficient (Wildman–Crippen LogP) is 1.87. The maximum atomic E-state index is 11.7. The van der Waals surface area contributed by atoms with Crippen molar-refractivity contribution in [1.29, 1.82) is 0 Å². The molecule has 3 nitrogen and oxygen atoms in total. The smallest absolute Gasteiger partial charge is 0.172 e. The number of carbonyl (C=O) groups excluding carboxylic acids is 1. The van der Waals surface area contributed by atoms with Crippen molar-refractivity contribution in [2.45, 2.75) is 0 Å². The zero-order chi connectivity index (χ0) is 12.0. The number of nitrogens with zero attached hydrogens (tertiary/aromatic N) is 1. The Morgan fingerprint density at radius 3 is 2.50 bits per heavy atom. The highest BCUT2D eigenvalue weighted by Crippen LogP contribution is 2.12. The Kier molecular flexibility index (Phi) is 5.35. The van der Waals surface area contributed by atoms with E-state index in [2.05, 4.69) is 4.90 Å². The summed E-state index contributed by atoms with van der Waals surface area (Å²) in [5.41, 5.74) is 0.662. The van der Waals surface area contributed by atoms with Crippen molar-refractivity contribution in [3.05, 3.63) is 29.8 Å². The molecule has 0 amide bonds. The SMILES string of the molecule is CN(C)CCSCC(=O)c1ccc(O)cc1. The fourth-order valence-electron chi connectivity index (χ4n) is 1.14. The van der Waals surface area contributed by atoms with E-state index in [1.54, 1.807) is 23.9 Å². The van der Waals surface area contributed by atoms with Gasteiger partial charge in [-0.15, -0.1) is 0 Å². The number of ketones is 1. The average molecular weight is 239 g/mol. The Labute approximate surface area is 100 Å². The molecule has 1 rings (SSSR count). The molecule has 0 saturated carbocycles. The maximum Gasteiger partial charge on any atom is 0.172 e. The van der Waals surface area contributed by atoms with E-state index >= 15 is 0 Å². The Morgan fingerprint density at radius 1 is 1.31 bits per heavy atom. The third kappa shape index (κ3) is 4.68. The molecule has 0 unspecified atom stereocenters. The molecule has 88 valence electrons. The molecule has 1 aromatic rings. The van der Waals surface area contributed by atoms with Gasteiger partial charge >= 0.3 is 0 Å². The summed E-state index contributed by atoms with van der Waals surface area (Å²) in [5, 5.41) is 9.09. The van der Waals surface area contributed by atoms with Crippen LogP contribution in [0.5, 0.6) is 5.75 Å². The molecule has 0 bridgehead atoms. The first-order valence-electron chi connectivity index (χ1n) is 5.14. The van der Waals surface area contributed by atoms with Gasteiger partial charge in [-0.3, -0.25) is 4.79 Å². The minimum Gasteiger partial charge on any atom is -0.508 e. The van der Waals surface area contributed by atoms with Crippen LogP contribution in [0.2, 0.25) is 0 Å². The van der Waals surface area contributed by atoms with Gasteiger partial charge in [0.15, 0.2) is 5.78 Å². The van der Waals surface area contributed by atoms with Crippen LogP contribution < -0.4 is 0 Å². The van der Waals surface area contributed by atoms with Crippen molar-refractivity contribution >= 4 is 17.5 Å². The second-order valence-electron chi connectivity index (χ2n) is 3.83. The van der Waals surface area contributed by atoms with E-state index in [0.29, 0.717) is 11.3 Å². The summed E-state index contributed by atoms with van der Waals surface area (Å²) in [6.07, 6.45) is 0. The molecule has 0 aromatic heterocycles. The minimum absolute atomic E-state index is 0.115. The first-order chi connectivity index (χ1) is 7.59. The molecule has 0 aliphatic heterocycles. The summed E-state index contributed by atoms with van der Waals surface area (Å²) in [6.45, 7) is 0.980. The molecule has 0 heterocycles. The molecule has 0 atom stereocenters. The van der Waals surface area contributed by atoms with Crippen LogP contribution in [0.15, 0.2) is 24.3 Å². The number of thioether (sulfide) groups is 1. The van der Waals surface area contributed by atoms with Crippen LogP contribution in [-0.4, -0.2) is 47.9 Å². The zero-order valence-corrected chi connectivity index (χ0v) is 10.5. The van der Waals surface area contributed by atoms with Crippen LogP contribution in [0, 0.1) is 0 Å². The van der Waals surface area contributed by atoms with Gasteiger partial charge in [-0.1, -0.05) is 0 Å². The van der Waals surface area contributed by atoms with Crippen LogP contribution in [0.25, 0.3) is 0 Å². The number of Topliss-reactive ketones (excluding diaryl/α,β-unsaturated/α-hetero) is 1. The summed E-state index contributed by atoms with van der Waals surface area (Å²) in [5.74, 6) is 1.76. The number of hydrogen-bond donors (Lipinski definition) is 1.